The summed E-state index contributed by atoms with van der Waals surface area (Å²) in [5.74, 6) is 0.691. The third-order valence-corrected chi connectivity index (χ3v) is 11.7. The van der Waals surface area contributed by atoms with Crippen molar-refractivity contribution < 1.29 is 4.42 Å². The summed E-state index contributed by atoms with van der Waals surface area (Å²) in [5, 5.41) is 4.76. The highest BCUT2D eigenvalue weighted by Crippen LogP contribution is 2.53. The molecule has 0 aliphatic heterocycles. The molecule has 3 nitrogen and oxygen atoms in total. The lowest BCUT2D eigenvalue weighted by atomic mass is 9.81. The minimum atomic E-state index is -0.0949. The van der Waals surface area contributed by atoms with Gasteiger partial charge in [0.25, 0.3) is 0 Å². The second-order valence-corrected chi connectivity index (χ2v) is 15.3. The minimum Gasteiger partial charge on any atom is -0.456 e. The first-order valence-corrected chi connectivity index (χ1v) is 19.2. The van der Waals surface area contributed by atoms with Gasteiger partial charge in [0, 0.05) is 32.9 Å². The molecule has 0 amide bonds. The van der Waals surface area contributed by atoms with Gasteiger partial charge in [0.15, 0.2) is 5.82 Å². The van der Waals surface area contributed by atoms with E-state index in [1.165, 1.54) is 44.2 Å². The molecule has 0 N–H and O–H groups in total. The number of fused-ring (bicyclic) bond motifs is 7. The minimum absolute atomic E-state index is 0.0949. The Morgan fingerprint density at radius 3 is 1.88 bits per heavy atom. The van der Waals surface area contributed by atoms with Gasteiger partial charge < -0.3 is 4.42 Å². The van der Waals surface area contributed by atoms with Crippen LogP contribution in [0.2, 0.25) is 0 Å². The molecule has 10 aromatic rings. The van der Waals surface area contributed by atoms with Gasteiger partial charge in [-0.15, -0.1) is 0 Å². The third kappa shape index (κ3) is 5.05. The molecule has 0 fully saturated rings. The van der Waals surface area contributed by atoms with Gasteiger partial charge in [0.05, 0.1) is 11.4 Å². The van der Waals surface area contributed by atoms with Crippen molar-refractivity contribution in [1.29, 1.82) is 0 Å². The van der Waals surface area contributed by atoms with Crippen molar-refractivity contribution in [2.45, 2.75) is 19.3 Å². The number of rotatable bonds is 5. The monoisotopic (exact) mass is 716 g/mol. The first-order chi connectivity index (χ1) is 27.5. The molecule has 0 atom stereocenters. The maximum absolute atomic E-state index is 6.30. The van der Waals surface area contributed by atoms with E-state index in [4.69, 9.17) is 14.4 Å². The summed E-state index contributed by atoms with van der Waals surface area (Å²) in [7, 11) is 0. The van der Waals surface area contributed by atoms with Gasteiger partial charge in [-0.05, 0) is 85.6 Å². The zero-order valence-electron chi connectivity index (χ0n) is 31.1. The average molecular weight is 717 g/mol. The van der Waals surface area contributed by atoms with E-state index in [1.807, 2.05) is 36.4 Å². The van der Waals surface area contributed by atoms with Gasteiger partial charge in [-0.3, -0.25) is 0 Å². The fourth-order valence-corrected chi connectivity index (χ4v) is 8.92. The Labute approximate surface area is 325 Å². The average Bonchev–Trinajstić information content (AvgIpc) is 3.75. The molecule has 56 heavy (non-hydrogen) atoms. The Bertz CT molecular complexity index is 3150. The maximum Gasteiger partial charge on any atom is 0.160 e. The first kappa shape index (κ1) is 32.3. The lowest BCUT2D eigenvalue weighted by Gasteiger charge is -2.22. The van der Waals surface area contributed by atoms with E-state index in [1.54, 1.807) is 0 Å². The fourth-order valence-electron chi connectivity index (χ4n) is 8.92. The van der Waals surface area contributed by atoms with Crippen LogP contribution in [0.25, 0.3) is 100.0 Å². The summed E-state index contributed by atoms with van der Waals surface area (Å²) in [4.78, 5) is 10.4. The van der Waals surface area contributed by atoms with Crippen LogP contribution in [0.5, 0.6) is 0 Å². The van der Waals surface area contributed by atoms with Crippen molar-refractivity contribution in [1.82, 2.24) is 9.97 Å². The fraction of sp³-hybridized carbons (Fsp3) is 0.0566. The highest BCUT2D eigenvalue weighted by atomic mass is 16.3. The van der Waals surface area contributed by atoms with Crippen LogP contribution in [0.3, 0.4) is 0 Å². The van der Waals surface area contributed by atoms with Crippen molar-refractivity contribution >= 4 is 32.7 Å². The predicted molar refractivity (Wildman–Crippen MR) is 232 cm³/mol. The molecule has 0 bridgehead atoms. The molecule has 11 rings (SSSR count). The molecule has 2 heterocycles. The summed E-state index contributed by atoms with van der Waals surface area (Å²) >= 11 is 0. The van der Waals surface area contributed by atoms with Gasteiger partial charge in [0.2, 0.25) is 0 Å². The molecule has 2 aromatic heterocycles. The van der Waals surface area contributed by atoms with E-state index in [2.05, 4.69) is 159 Å². The second kappa shape index (κ2) is 12.5. The van der Waals surface area contributed by atoms with Crippen molar-refractivity contribution in [3.63, 3.8) is 0 Å². The lowest BCUT2D eigenvalue weighted by Crippen LogP contribution is -2.14. The van der Waals surface area contributed by atoms with Crippen molar-refractivity contribution in [3.05, 3.63) is 193 Å². The molecular weight excluding hydrogens is 681 g/mol. The molecule has 3 heteroatoms. The van der Waals surface area contributed by atoms with Crippen molar-refractivity contribution in [3.8, 4) is 67.3 Å². The number of furan rings is 1. The Morgan fingerprint density at radius 2 is 1.04 bits per heavy atom. The Morgan fingerprint density at radius 1 is 0.411 bits per heavy atom. The summed E-state index contributed by atoms with van der Waals surface area (Å²) in [6.07, 6.45) is 0. The summed E-state index contributed by atoms with van der Waals surface area (Å²) in [5.41, 5.74) is 16.5. The van der Waals surface area contributed by atoms with Crippen LogP contribution in [0, 0.1) is 0 Å². The highest BCUT2D eigenvalue weighted by molar-refractivity contribution is 6.13. The van der Waals surface area contributed by atoms with Crippen LogP contribution in [0.15, 0.2) is 186 Å². The van der Waals surface area contributed by atoms with Crippen LogP contribution < -0.4 is 0 Å². The molecule has 1 aliphatic carbocycles. The number of benzene rings is 8. The first-order valence-electron chi connectivity index (χ1n) is 19.2. The second-order valence-electron chi connectivity index (χ2n) is 15.3. The van der Waals surface area contributed by atoms with Crippen molar-refractivity contribution in [2.75, 3.05) is 0 Å². The third-order valence-electron chi connectivity index (χ3n) is 11.7. The van der Waals surface area contributed by atoms with E-state index in [0.29, 0.717) is 5.82 Å². The zero-order chi connectivity index (χ0) is 37.4. The predicted octanol–water partition coefficient (Wildman–Crippen LogP) is 14.2. The number of hydrogen-bond acceptors (Lipinski definition) is 3. The van der Waals surface area contributed by atoms with Crippen LogP contribution in [0.4, 0.5) is 0 Å². The number of aromatic nitrogens is 2. The Balaban J connectivity index is 1.05. The number of hydrogen-bond donors (Lipinski definition) is 0. The van der Waals surface area contributed by atoms with E-state index in [-0.39, 0.29) is 5.41 Å². The van der Waals surface area contributed by atoms with Gasteiger partial charge in [-0.1, -0.05) is 166 Å². The van der Waals surface area contributed by atoms with Gasteiger partial charge >= 0.3 is 0 Å². The van der Waals surface area contributed by atoms with Gasteiger partial charge in [-0.25, -0.2) is 9.97 Å². The normalized spacial score (nSPS) is 13.0. The molecular formula is C53H36N2O. The molecule has 8 aromatic carbocycles. The van der Waals surface area contributed by atoms with Crippen LogP contribution in [-0.2, 0) is 5.41 Å². The Hall–Kier alpha value is -7.10. The molecule has 0 spiro atoms. The summed E-state index contributed by atoms with van der Waals surface area (Å²) in [6, 6.07) is 64.7. The van der Waals surface area contributed by atoms with E-state index < -0.39 is 0 Å². The smallest absolute Gasteiger partial charge is 0.160 e. The molecule has 0 saturated heterocycles. The standard InChI is InChI=1S/C53H36N2O/c1-53(2)44-23-12-21-38(50(44)43-30-36-16-6-7-17-37(36)31-45(43)53)33-26-28-34(29-27-33)46-32-47(55-52(54-46)35-14-4-3-5-15-35)40-19-9-8-18-39(40)41-22-13-25-49-51(41)42-20-10-11-24-48(42)56-49/h3-32H,1-2H3. The quantitative estimate of drug-likeness (QED) is 0.178. The summed E-state index contributed by atoms with van der Waals surface area (Å²) in [6.45, 7) is 4.71. The largest absolute Gasteiger partial charge is 0.456 e. The topological polar surface area (TPSA) is 38.9 Å². The van der Waals surface area contributed by atoms with Crippen molar-refractivity contribution in [2.24, 2.45) is 0 Å². The van der Waals surface area contributed by atoms with E-state index >= 15 is 0 Å². The molecule has 0 radical (unpaired) electrons. The van der Waals surface area contributed by atoms with E-state index in [0.717, 1.165) is 61.1 Å². The molecule has 1 aliphatic rings. The van der Waals surface area contributed by atoms with Gasteiger partial charge in [-0.2, -0.15) is 0 Å². The van der Waals surface area contributed by atoms with Crippen LogP contribution in [0.1, 0.15) is 25.0 Å². The Kier molecular flexibility index (Phi) is 7.20. The number of para-hydroxylation sites is 1. The highest BCUT2D eigenvalue weighted by Gasteiger charge is 2.37. The maximum atomic E-state index is 6.30. The summed E-state index contributed by atoms with van der Waals surface area (Å²) < 4.78 is 6.30. The van der Waals surface area contributed by atoms with Gasteiger partial charge in [0.1, 0.15) is 11.2 Å². The van der Waals surface area contributed by atoms with Crippen LogP contribution in [-0.4, -0.2) is 9.97 Å². The lowest BCUT2D eigenvalue weighted by molar-refractivity contribution is 0.661. The van der Waals surface area contributed by atoms with E-state index in [9.17, 15) is 0 Å². The number of nitrogens with zero attached hydrogens (tertiary/aromatic N) is 2. The molecule has 264 valence electrons. The van der Waals surface area contributed by atoms with Crippen LogP contribution >= 0.6 is 0 Å². The molecule has 0 unspecified atom stereocenters. The molecule has 0 saturated carbocycles. The SMILES string of the molecule is CC1(C)c2cc3ccccc3cc2-c2c(-c3ccc(-c4cc(-c5ccccc5-c5cccc6oc7ccccc7c56)nc(-c5ccccc5)n4)cc3)cccc21. The zero-order valence-corrected chi connectivity index (χ0v) is 31.1.